The maximum Gasteiger partial charge on any atom is 0.227 e. The Bertz CT molecular complexity index is 1140. The first-order chi connectivity index (χ1) is 13.3. The highest BCUT2D eigenvalue weighted by atomic mass is 32.2. The lowest BCUT2D eigenvalue weighted by Crippen LogP contribution is -2.09. The summed E-state index contributed by atoms with van der Waals surface area (Å²) in [5.41, 5.74) is 3.31. The van der Waals surface area contributed by atoms with Crippen LogP contribution >= 0.6 is 11.8 Å². The van der Waals surface area contributed by atoms with Crippen molar-refractivity contribution in [1.29, 1.82) is 0 Å². The van der Waals surface area contributed by atoms with E-state index >= 15 is 0 Å². The average molecular weight is 370 g/mol. The summed E-state index contributed by atoms with van der Waals surface area (Å²) >= 11 is 1.75. The van der Waals surface area contributed by atoms with Gasteiger partial charge in [0.1, 0.15) is 10.8 Å². The Morgan fingerprint density at radius 1 is 0.889 bits per heavy atom. The van der Waals surface area contributed by atoms with Crippen LogP contribution in [0.15, 0.2) is 71.8 Å². The van der Waals surface area contributed by atoms with Crippen LogP contribution in [0.3, 0.4) is 0 Å². The molecular formula is C23H18N2OS. The Balaban J connectivity index is 1.67. The first-order valence-electron chi connectivity index (χ1n) is 9.11. The Morgan fingerprint density at radius 2 is 1.70 bits per heavy atom. The van der Waals surface area contributed by atoms with Gasteiger partial charge in [-0.25, -0.2) is 4.98 Å². The van der Waals surface area contributed by atoms with Crippen molar-refractivity contribution in [2.24, 2.45) is 0 Å². The van der Waals surface area contributed by atoms with E-state index in [0.717, 1.165) is 39.9 Å². The highest BCUT2D eigenvalue weighted by Crippen LogP contribution is 2.42. The van der Waals surface area contributed by atoms with E-state index in [1.54, 1.807) is 11.8 Å². The minimum absolute atomic E-state index is 0.683. The van der Waals surface area contributed by atoms with Gasteiger partial charge in [0, 0.05) is 17.5 Å². The van der Waals surface area contributed by atoms with Crippen LogP contribution in [0.25, 0.3) is 22.2 Å². The summed E-state index contributed by atoms with van der Waals surface area (Å²) in [6, 6.07) is 22.7. The summed E-state index contributed by atoms with van der Waals surface area (Å²) in [5, 5.41) is 3.48. The van der Waals surface area contributed by atoms with E-state index in [9.17, 15) is 0 Å². The molecule has 5 rings (SSSR count). The third kappa shape index (κ3) is 2.86. The van der Waals surface area contributed by atoms with Gasteiger partial charge in [0.05, 0.1) is 5.56 Å². The van der Waals surface area contributed by atoms with Crippen molar-refractivity contribution < 1.29 is 4.74 Å². The van der Waals surface area contributed by atoms with Gasteiger partial charge in [-0.05, 0) is 22.6 Å². The molecule has 0 spiro atoms. The zero-order valence-electron chi connectivity index (χ0n) is 15.0. The van der Waals surface area contributed by atoms with E-state index in [0.29, 0.717) is 5.88 Å². The van der Waals surface area contributed by atoms with Crippen LogP contribution < -0.4 is 4.74 Å². The minimum Gasteiger partial charge on any atom is -0.438 e. The van der Waals surface area contributed by atoms with Gasteiger partial charge in [-0.15, -0.1) is 11.8 Å². The standard InChI is InChI=1S/C23H18N2OS/c1-2-27-23-19-14-18-17-11-7-6-8-15(17)12-13-20(18)26-22(19)24-21(25-23)16-9-4-3-5-10-16/h3-13H,2,14H2,1H3. The van der Waals surface area contributed by atoms with Gasteiger partial charge in [-0.2, -0.15) is 4.98 Å². The van der Waals surface area contributed by atoms with Gasteiger partial charge < -0.3 is 4.74 Å². The summed E-state index contributed by atoms with van der Waals surface area (Å²) in [7, 11) is 0. The fourth-order valence-electron chi connectivity index (χ4n) is 3.53. The SMILES string of the molecule is CCSc1nc(-c2ccccc2)nc2c1Cc1c(ccc3ccccc13)O2. The zero-order valence-corrected chi connectivity index (χ0v) is 15.8. The number of ether oxygens (including phenoxy) is 1. The monoisotopic (exact) mass is 370 g/mol. The first kappa shape index (κ1) is 16.3. The van der Waals surface area contributed by atoms with Crippen molar-refractivity contribution in [3.63, 3.8) is 0 Å². The lowest BCUT2D eigenvalue weighted by Gasteiger charge is -2.23. The second-order valence-corrected chi connectivity index (χ2v) is 7.73. The van der Waals surface area contributed by atoms with Gasteiger partial charge >= 0.3 is 0 Å². The number of fused-ring (bicyclic) bond motifs is 4. The quantitative estimate of drug-likeness (QED) is 0.284. The molecule has 2 heterocycles. The molecule has 1 aliphatic rings. The van der Waals surface area contributed by atoms with Crippen molar-refractivity contribution >= 4 is 22.5 Å². The Labute approximate surface area is 162 Å². The Hall–Kier alpha value is -2.85. The molecular weight excluding hydrogens is 352 g/mol. The third-order valence-electron chi connectivity index (χ3n) is 4.80. The van der Waals surface area contributed by atoms with Crippen LogP contribution in [0.4, 0.5) is 0 Å². The summed E-state index contributed by atoms with van der Waals surface area (Å²) in [4.78, 5) is 9.63. The van der Waals surface area contributed by atoms with E-state index in [2.05, 4.69) is 43.3 Å². The van der Waals surface area contributed by atoms with E-state index in [4.69, 9.17) is 14.7 Å². The lowest BCUT2D eigenvalue weighted by atomic mass is 9.97. The maximum absolute atomic E-state index is 6.27. The molecule has 132 valence electrons. The number of nitrogens with zero attached hydrogens (tertiary/aromatic N) is 2. The topological polar surface area (TPSA) is 35.0 Å². The van der Waals surface area contributed by atoms with Crippen molar-refractivity contribution in [1.82, 2.24) is 9.97 Å². The second kappa shape index (κ2) is 6.71. The van der Waals surface area contributed by atoms with Gasteiger partial charge in [-0.1, -0.05) is 67.6 Å². The molecule has 3 aromatic carbocycles. The summed E-state index contributed by atoms with van der Waals surface area (Å²) in [5.74, 6) is 3.25. The zero-order chi connectivity index (χ0) is 18.2. The predicted molar refractivity (Wildman–Crippen MR) is 111 cm³/mol. The molecule has 0 N–H and O–H groups in total. The molecule has 0 saturated carbocycles. The molecule has 0 atom stereocenters. The van der Waals surface area contributed by atoms with Crippen LogP contribution in [-0.2, 0) is 6.42 Å². The van der Waals surface area contributed by atoms with E-state index in [1.807, 2.05) is 30.3 Å². The molecule has 4 aromatic rings. The van der Waals surface area contributed by atoms with Crippen LogP contribution in [0.2, 0.25) is 0 Å². The molecule has 27 heavy (non-hydrogen) atoms. The van der Waals surface area contributed by atoms with Gasteiger partial charge in [0.2, 0.25) is 5.88 Å². The lowest BCUT2D eigenvalue weighted by molar-refractivity contribution is 0.437. The molecule has 0 fully saturated rings. The van der Waals surface area contributed by atoms with Crippen LogP contribution in [0.5, 0.6) is 11.6 Å². The molecule has 1 aromatic heterocycles. The summed E-state index contributed by atoms with van der Waals surface area (Å²) in [6.45, 7) is 2.15. The maximum atomic E-state index is 6.27. The van der Waals surface area contributed by atoms with Crippen molar-refractivity contribution in [2.75, 3.05) is 5.75 Å². The Morgan fingerprint density at radius 3 is 2.56 bits per heavy atom. The van der Waals surface area contributed by atoms with E-state index in [1.165, 1.54) is 16.3 Å². The molecule has 0 saturated heterocycles. The third-order valence-corrected chi connectivity index (χ3v) is 5.70. The average Bonchev–Trinajstić information content (AvgIpc) is 2.73. The molecule has 1 aliphatic heterocycles. The minimum atomic E-state index is 0.683. The van der Waals surface area contributed by atoms with Crippen molar-refractivity contribution in [3.05, 3.63) is 77.9 Å². The molecule has 3 nitrogen and oxygen atoms in total. The summed E-state index contributed by atoms with van der Waals surface area (Å²) < 4.78 is 6.27. The second-order valence-electron chi connectivity index (χ2n) is 6.48. The molecule has 0 bridgehead atoms. The fraction of sp³-hybridized carbons (Fsp3) is 0.130. The first-order valence-corrected chi connectivity index (χ1v) is 10.1. The van der Waals surface area contributed by atoms with Gasteiger partial charge in [-0.3, -0.25) is 0 Å². The Kier molecular flexibility index (Phi) is 4.06. The fourth-order valence-corrected chi connectivity index (χ4v) is 4.28. The van der Waals surface area contributed by atoms with Crippen LogP contribution in [0.1, 0.15) is 18.1 Å². The molecule has 4 heteroatoms. The molecule has 0 aliphatic carbocycles. The molecule has 0 unspecified atom stereocenters. The number of hydrogen-bond acceptors (Lipinski definition) is 4. The summed E-state index contributed by atoms with van der Waals surface area (Å²) in [6.07, 6.45) is 0.795. The van der Waals surface area contributed by atoms with Crippen molar-refractivity contribution in [3.8, 4) is 23.0 Å². The highest BCUT2D eigenvalue weighted by molar-refractivity contribution is 7.99. The predicted octanol–water partition coefficient (Wildman–Crippen LogP) is 6.11. The van der Waals surface area contributed by atoms with Gasteiger partial charge in [0.15, 0.2) is 5.82 Å². The van der Waals surface area contributed by atoms with Crippen molar-refractivity contribution in [2.45, 2.75) is 18.4 Å². The smallest absolute Gasteiger partial charge is 0.227 e. The van der Waals surface area contributed by atoms with Gasteiger partial charge in [0.25, 0.3) is 0 Å². The molecule has 0 amide bonds. The number of benzene rings is 3. The number of thioether (sulfide) groups is 1. The normalized spacial score (nSPS) is 12.3. The number of rotatable bonds is 3. The number of hydrogen-bond donors (Lipinski definition) is 0. The number of aromatic nitrogens is 2. The van der Waals surface area contributed by atoms with Crippen LogP contribution in [-0.4, -0.2) is 15.7 Å². The van der Waals surface area contributed by atoms with Crippen LogP contribution in [0, 0.1) is 0 Å². The van der Waals surface area contributed by atoms with E-state index < -0.39 is 0 Å². The largest absolute Gasteiger partial charge is 0.438 e. The van der Waals surface area contributed by atoms with E-state index in [-0.39, 0.29) is 0 Å². The highest BCUT2D eigenvalue weighted by Gasteiger charge is 2.25. The molecule has 0 radical (unpaired) electrons.